The molecule has 0 bridgehead atoms. The summed E-state index contributed by atoms with van der Waals surface area (Å²) in [5.41, 5.74) is 7.36. The molecule has 0 atom stereocenters. The van der Waals surface area contributed by atoms with Crippen molar-refractivity contribution in [3.63, 3.8) is 0 Å². The minimum Gasteiger partial charge on any atom is -0.506 e. The van der Waals surface area contributed by atoms with Crippen LogP contribution in [0.2, 0.25) is 5.02 Å². The SMILES string of the molecule is Cc1cc(/C=N/NC(=O)c2ccc(O)c(Cl)c2)cc(-c2ccccc2)c1OCCNCc1ccc(F)cc1. The molecule has 0 aliphatic rings. The topological polar surface area (TPSA) is 83.0 Å². The second kappa shape index (κ2) is 12.9. The van der Waals surface area contributed by atoms with Crippen LogP contribution in [0.1, 0.15) is 27.0 Å². The average molecular weight is 532 g/mol. The van der Waals surface area contributed by atoms with Crippen LogP contribution in [0.3, 0.4) is 0 Å². The number of hydrogen-bond acceptors (Lipinski definition) is 5. The molecule has 4 rings (SSSR count). The lowest BCUT2D eigenvalue weighted by atomic mass is 9.99. The molecule has 0 saturated heterocycles. The normalized spacial score (nSPS) is 11.0. The Morgan fingerprint density at radius 3 is 2.55 bits per heavy atom. The summed E-state index contributed by atoms with van der Waals surface area (Å²) in [6.07, 6.45) is 1.56. The third kappa shape index (κ3) is 7.18. The van der Waals surface area contributed by atoms with Gasteiger partial charge in [-0.15, -0.1) is 0 Å². The van der Waals surface area contributed by atoms with Crippen LogP contribution in [0.25, 0.3) is 11.1 Å². The van der Waals surface area contributed by atoms with Crippen molar-refractivity contribution in [2.24, 2.45) is 5.10 Å². The number of carbonyl (C=O) groups excluding carboxylic acids is 1. The summed E-state index contributed by atoms with van der Waals surface area (Å²) in [5, 5.41) is 17.0. The Kier molecular flexibility index (Phi) is 9.08. The van der Waals surface area contributed by atoms with Gasteiger partial charge in [-0.05, 0) is 71.6 Å². The third-order valence-corrected chi connectivity index (χ3v) is 6.04. The number of aryl methyl sites for hydroxylation is 1. The molecular formula is C30H27ClFN3O3. The Hall–Kier alpha value is -4.20. The van der Waals surface area contributed by atoms with E-state index < -0.39 is 5.91 Å². The Morgan fingerprint density at radius 2 is 1.82 bits per heavy atom. The highest BCUT2D eigenvalue weighted by Gasteiger charge is 2.12. The largest absolute Gasteiger partial charge is 0.506 e. The number of nitrogens with one attached hydrogen (secondary N) is 2. The van der Waals surface area contributed by atoms with Crippen molar-refractivity contribution in [2.75, 3.05) is 13.2 Å². The maximum Gasteiger partial charge on any atom is 0.271 e. The van der Waals surface area contributed by atoms with E-state index in [4.69, 9.17) is 16.3 Å². The van der Waals surface area contributed by atoms with Crippen molar-refractivity contribution in [3.8, 4) is 22.6 Å². The molecule has 0 aliphatic carbocycles. The zero-order valence-corrected chi connectivity index (χ0v) is 21.5. The molecule has 0 unspecified atom stereocenters. The smallest absolute Gasteiger partial charge is 0.271 e. The number of amides is 1. The van der Waals surface area contributed by atoms with Gasteiger partial charge >= 0.3 is 0 Å². The van der Waals surface area contributed by atoms with Crippen molar-refractivity contribution >= 4 is 23.7 Å². The number of benzene rings is 4. The minimum atomic E-state index is -0.448. The molecule has 4 aromatic carbocycles. The molecule has 0 heterocycles. The number of phenolic OH excluding ortho intramolecular Hbond substituents is 1. The summed E-state index contributed by atoms with van der Waals surface area (Å²) in [6, 6.07) is 24.4. The first-order valence-corrected chi connectivity index (χ1v) is 12.4. The number of hydrazone groups is 1. The average Bonchev–Trinajstić information content (AvgIpc) is 2.92. The van der Waals surface area contributed by atoms with Gasteiger partial charge in [0.15, 0.2) is 0 Å². The van der Waals surface area contributed by atoms with Gasteiger partial charge in [-0.1, -0.05) is 54.1 Å². The Bertz CT molecular complexity index is 1430. The van der Waals surface area contributed by atoms with Gasteiger partial charge < -0.3 is 15.2 Å². The lowest BCUT2D eigenvalue weighted by molar-refractivity contribution is 0.0955. The molecule has 38 heavy (non-hydrogen) atoms. The number of halogens is 2. The van der Waals surface area contributed by atoms with Gasteiger partial charge in [0.05, 0.1) is 11.2 Å². The first-order chi connectivity index (χ1) is 18.4. The number of hydrogen-bond donors (Lipinski definition) is 3. The van der Waals surface area contributed by atoms with Crippen molar-refractivity contribution in [1.29, 1.82) is 0 Å². The van der Waals surface area contributed by atoms with E-state index in [1.54, 1.807) is 18.3 Å². The highest BCUT2D eigenvalue weighted by atomic mass is 35.5. The van der Waals surface area contributed by atoms with E-state index in [1.807, 2.05) is 49.4 Å². The monoisotopic (exact) mass is 531 g/mol. The fourth-order valence-electron chi connectivity index (χ4n) is 3.84. The second-order valence-corrected chi connectivity index (χ2v) is 9.00. The van der Waals surface area contributed by atoms with E-state index in [0.717, 1.165) is 33.6 Å². The van der Waals surface area contributed by atoms with E-state index in [0.29, 0.717) is 19.7 Å². The summed E-state index contributed by atoms with van der Waals surface area (Å²) >= 11 is 5.89. The molecule has 0 radical (unpaired) electrons. The van der Waals surface area contributed by atoms with Crippen LogP contribution in [0.5, 0.6) is 11.5 Å². The molecule has 6 nitrogen and oxygen atoms in total. The summed E-state index contributed by atoms with van der Waals surface area (Å²) in [5.74, 6) is -0.0309. The second-order valence-electron chi connectivity index (χ2n) is 8.60. The summed E-state index contributed by atoms with van der Waals surface area (Å²) < 4.78 is 19.3. The molecule has 0 spiro atoms. The molecule has 4 aromatic rings. The van der Waals surface area contributed by atoms with E-state index in [-0.39, 0.29) is 22.2 Å². The number of nitrogens with zero attached hydrogens (tertiary/aromatic N) is 1. The van der Waals surface area contributed by atoms with Crippen LogP contribution in [-0.4, -0.2) is 30.4 Å². The first-order valence-electron chi connectivity index (χ1n) is 12.0. The molecule has 0 aliphatic heterocycles. The lowest BCUT2D eigenvalue weighted by Crippen LogP contribution is -2.21. The van der Waals surface area contributed by atoms with Crippen LogP contribution < -0.4 is 15.5 Å². The molecule has 0 saturated carbocycles. The molecule has 194 valence electrons. The molecule has 3 N–H and O–H groups in total. The molecule has 0 aromatic heterocycles. The van der Waals surface area contributed by atoms with E-state index >= 15 is 0 Å². The van der Waals surface area contributed by atoms with Gasteiger partial charge in [-0.3, -0.25) is 4.79 Å². The van der Waals surface area contributed by atoms with Gasteiger partial charge in [-0.2, -0.15) is 5.10 Å². The van der Waals surface area contributed by atoms with Gasteiger partial charge in [0, 0.05) is 24.2 Å². The maximum atomic E-state index is 13.1. The minimum absolute atomic E-state index is 0.0889. The van der Waals surface area contributed by atoms with Crippen molar-refractivity contribution in [2.45, 2.75) is 13.5 Å². The van der Waals surface area contributed by atoms with E-state index in [1.165, 1.54) is 30.3 Å². The predicted octanol–water partition coefficient (Wildman–Crippen LogP) is 6.09. The van der Waals surface area contributed by atoms with E-state index in [2.05, 4.69) is 15.8 Å². The van der Waals surface area contributed by atoms with Gasteiger partial charge in [0.2, 0.25) is 0 Å². The Morgan fingerprint density at radius 1 is 1.05 bits per heavy atom. The van der Waals surface area contributed by atoms with Crippen LogP contribution >= 0.6 is 11.6 Å². The quantitative estimate of drug-likeness (QED) is 0.131. The van der Waals surface area contributed by atoms with Crippen LogP contribution in [0.4, 0.5) is 4.39 Å². The fourth-order valence-corrected chi connectivity index (χ4v) is 4.02. The zero-order chi connectivity index (χ0) is 26.9. The Balaban J connectivity index is 1.44. The zero-order valence-electron chi connectivity index (χ0n) is 20.7. The number of carbonyl (C=O) groups is 1. The van der Waals surface area contributed by atoms with Crippen molar-refractivity contribution < 1.29 is 19.0 Å². The first kappa shape index (κ1) is 26.9. The van der Waals surface area contributed by atoms with Crippen LogP contribution in [-0.2, 0) is 6.54 Å². The third-order valence-electron chi connectivity index (χ3n) is 5.74. The molecular weight excluding hydrogens is 505 g/mol. The highest BCUT2D eigenvalue weighted by molar-refractivity contribution is 6.32. The van der Waals surface area contributed by atoms with Crippen LogP contribution in [0.15, 0.2) is 90.0 Å². The Labute approximate surface area is 225 Å². The lowest BCUT2D eigenvalue weighted by Gasteiger charge is -2.16. The van der Waals surface area contributed by atoms with Gasteiger partial charge in [-0.25, -0.2) is 9.82 Å². The van der Waals surface area contributed by atoms with Gasteiger partial charge in [0.1, 0.15) is 23.9 Å². The predicted molar refractivity (Wildman–Crippen MR) is 148 cm³/mol. The number of rotatable bonds is 10. The molecule has 1 amide bonds. The van der Waals surface area contributed by atoms with Crippen molar-refractivity contribution in [3.05, 3.63) is 118 Å². The standard InChI is InChI=1S/C30H27ClFN3O3/c1-20-15-22(19-34-35-30(37)24-9-12-28(36)27(31)17-24)16-26(23-5-3-2-4-6-23)29(20)38-14-13-33-18-21-7-10-25(32)11-8-21/h2-12,15-17,19,33,36H,13-14,18H2,1H3,(H,35,37)/b34-19+. The summed E-state index contributed by atoms with van der Waals surface area (Å²) in [6.45, 7) is 3.63. The van der Waals surface area contributed by atoms with Crippen LogP contribution in [0, 0.1) is 12.7 Å². The highest BCUT2D eigenvalue weighted by Crippen LogP contribution is 2.34. The molecule has 8 heteroatoms. The van der Waals surface area contributed by atoms with Crippen molar-refractivity contribution in [1.82, 2.24) is 10.7 Å². The maximum absolute atomic E-state index is 13.1. The van der Waals surface area contributed by atoms with E-state index in [9.17, 15) is 14.3 Å². The fraction of sp³-hybridized carbons (Fsp3) is 0.133. The summed E-state index contributed by atoms with van der Waals surface area (Å²) in [7, 11) is 0. The summed E-state index contributed by atoms with van der Waals surface area (Å²) in [4.78, 5) is 12.4. The molecule has 0 fully saturated rings. The number of ether oxygens (including phenoxy) is 1. The van der Waals surface area contributed by atoms with Gasteiger partial charge in [0.25, 0.3) is 5.91 Å². The number of phenols is 1. The number of aromatic hydroxyl groups is 1.